The number of carboxylic acids is 1. The van der Waals surface area contributed by atoms with Crippen LogP contribution in [0.2, 0.25) is 0 Å². The van der Waals surface area contributed by atoms with Crippen molar-refractivity contribution in [1.29, 1.82) is 0 Å². The highest BCUT2D eigenvalue weighted by molar-refractivity contribution is 5.86. The predicted molar refractivity (Wildman–Crippen MR) is 83.5 cm³/mol. The number of aromatic nitrogens is 2. The van der Waals surface area contributed by atoms with Crippen molar-refractivity contribution in [2.45, 2.75) is 20.3 Å². The van der Waals surface area contributed by atoms with Gasteiger partial charge in [-0.05, 0) is 26.0 Å². The van der Waals surface area contributed by atoms with Gasteiger partial charge in [-0.15, -0.1) is 0 Å². The Morgan fingerprint density at radius 3 is 2.64 bits per heavy atom. The van der Waals surface area contributed by atoms with E-state index < -0.39 is 5.97 Å². The normalized spacial score (nSPS) is 10.3. The summed E-state index contributed by atoms with van der Waals surface area (Å²) in [5.74, 6) is 0.664. The van der Waals surface area contributed by atoms with E-state index in [4.69, 9.17) is 9.84 Å². The van der Waals surface area contributed by atoms with E-state index in [9.17, 15) is 4.79 Å². The zero-order valence-corrected chi connectivity index (χ0v) is 12.7. The van der Waals surface area contributed by atoms with Crippen LogP contribution in [0.5, 0.6) is 5.75 Å². The van der Waals surface area contributed by atoms with E-state index in [1.165, 1.54) is 11.6 Å². The molecule has 6 nitrogen and oxygen atoms in total. The number of hydrogen-bond acceptors (Lipinski definition) is 5. The van der Waals surface area contributed by atoms with Crippen molar-refractivity contribution in [3.63, 3.8) is 0 Å². The summed E-state index contributed by atoms with van der Waals surface area (Å²) in [4.78, 5) is 19.4. The molecule has 1 aromatic carbocycles. The lowest BCUT2D eigenvalue weighted by atomic mass is 10.2. The van der Waals surface area contributed by atoms with Gasteiger partial charge in [-0.25, -0.2) is 14.8 Å². The van der Waals surface area contributed by atoms with Crippen LogP contribution in [0.3, 0.4) is 0 Å². The van der Waals surface area contributed by atoms with Crippen molar-refractivity contribution in [2.24, 2.45) is 0 Å². The molecule has 0 saturated heterocycles. The molecular weight excluding hydrogens is 282 g/mol. The molecule has 1 aromatic heterocycles. The lowest BCUT2D eigenvalue weighted by Crippen LogP contribution is -2.12. The highest BCUT2D eigenvalue weighted by atomic mass is 16.5. The third-order valence-electron chi connectivity index (χ3n) is 2.96. The molecule has 2 rings (SSSR count). The average molecular weight is 301 g/mol. The summed E-state index contributed by atoms with van der Waals surface area (Å²) in [6, 6.07) is 9.17. The summed E-state index contributed by atoms with van der Waals surface area (Å²) in [6.07, 6.45) is 0.438. The summed E-state index contributed by atoms with van der Waals surface area (Å²) in [5.41, 5.74) is 1.15. The van der Waals surface area contributed by atoms with Gasteiger partial charge in [-0.3, -0.25) is 0 Å². The first-order chi connectivity index (χ1) is 10.6. The van der Waals surface area contributed by atoms with Crippen molar-refractivity contribution in [3.05, 3.63) is 47.4 Å². The average Bonchev–Trinajstić information content (AvgIpc) is 2.49. The molecule has 6 heteroatoms. The molecule has 0 unspecified atom stereocenters. The Labute approximate surface area is 129 Å². The van der Waals surface area contributed by atoms with Gasteiger partial charge in [0, 0.05) is 19.0 Å². The highest BCUT2D eigenvalue weighted by Gasteiger charge is 2.10. The number of aryl methyl sites for hydroxylation is 1. The topological polar surface area (TPSA) is 84.3 Å². The largest absolute Gasteiger partial charge is 0.493 e. The van der Waals surface area contributed by atoms with Crippen LogP contribution in [0.15, 0.2) is 30.3 Å². The zero-order chi connectivity index (χ0) is 15.9. The molecule has 0 aliphatic rings. The molecule has 0 radical (unpaired) electrons. The van der Waals surface area contributed by atoms with E-state index in [1.54, 1.807) is 0 Å². The Hall–Kier alpha value is -2.63. The molecule has 0 bridgehead atoms. The second-order valence-corrected chi connectivity index (χ2v) is 4.80. The number of anilines is 1. The molecule has 2 N–H and O–H groups in total. The zero-order valence-electron chi connectivity index (χ0n) is 12.7. The first-order valence-electron chi connectivity index (χ1n) is 7.13. The van der Waals surface area contributed by atoms with E-state index in [0.717, 1.165) is 5.75 Å². The maximum Gasteiger partial charge on any atom is 0.354 e. The van der Waals surface area contributed by atoms with Crippen molar-refractivity contribution < 1.29 is 14.6 Å². The van der Waals surface area contributed by atoms with Crippen molar-refractivity contribution in [2.75, 3.05) is 18.5 Å². The number of carbonyl (C=O) groups is 1. The van der Waals surface area contributed by atoms with Crippen LogP contribution in [0.1, 0.15) is 28.8 Å². The fourth-order valence-electron chi connectivity index (χ4n) is 1.88. The van der Waals surface area contributed by atoms with Crippen LogP contribution in [-0.2, 0) is 6.42 Å². The summed E-state index contributed by atoms with van der Waals surface area (Å²) in [7, 11) is 0. The Bertz CT molecular complexity index is 642. The van der Waals surface area contributed by atoms with E-state index in [2.05, 4.69) is 15.3 Å². The molecule has 0 spiro atoms. The Kier molecular flexibility index (Phi) is 5.30. The van der Waals surface area contributed by atoms with Crippen LogP contribution < -0.4 is 10.1 Å². The lowest BCUT2D eigenvalue weighted by molar-refractivity contribution is 0.0690. The molecule has 1 heterocycles. The minimum absolute atomic E-state index is 0.0173. The second-order valence-electron chi connectivity index (χ2n) is 4.80. The number of aromatic carboxylic acids is 1. The monoisotopic (exact) mass is 301 g/mol. The molecule has 116 valence electrons. The first kappa shape index (κ1) is 15.8. The molecule has 0 aliphatic carbocycles. The summed E-state index contributed by atoms with van der Waals surface area (Å²) in [5, 5.41) is 12.1. The molecule has 22 heavy (non-hydrogen) atoms. The standard InChI is InChI=1S/C16H19N3O3/c1-3-17-15-10-13(16(20)21)18-14(19-15)8-9-22-12-6-4-11(2)5-7-12/h4-7,10H,3,8-9H2,1-2H3,(H,20,21)(H,17,18,19). The van der Waals surface area contributed by atoms with Crippen molar-refractivity contribution >= 4 is 11.8 Å². The van der Waals surface area contributed by atoms with Crippen LogP contribution in [0.25, 0.3) is 0 Å². The SMILES string of the molecule is CCNc1cc(C(=O)O)nc(CCOc2ccc(C)cc2)n1. The van der Waals surface area contributed by atoms with Crippen molar-refractivity contribution in [1.82, 2.24) is 9.97 Å². The smallest absolute Gasteiger partial charge is 0.354 e. The molecule has 2 aromatic rings. The van der Waals surface area contributed by atoms with E-state index in [0.29, 0.717) is 31.2 Å². The van der Waals surface area contributed by atoms with Crippen LogP contribution in [0, 0.1) is 6.92 Å². The van der Waals surface area contributed by atoms with Crippen LogP contribution >= 0.6 is 0 Å². The number of hydrogen-bond donors (Lipinski definition) is 2. The van der Waals surface area contributed by atoms with Gasteiger partial charge in [-0.1, -0.05) is 17.7 Å². The second kappa shape index (κ2) is 7.40. The minimum Gasteiger partial charge on any atom is -0.493 e. The third-order valence-corrected chi connectivity index (χ3v) is 2.96. The number of nitrogens with zero attached hydrogens (tertiary/aromatic N) is 2. The van der Waals surface area contributed by atoms with Gasteiger partial charge in [-0.2, -0.15) is 0 Å². The Morgan fingerprint density at radius 1 is 1.27 bits per heavy atom. The van der Waals surface area contributed by atoms with E-state index in [1.807, 2.05) is 38.1 Å². The molecule has 0 atom stereocenters. The summed E-state index contributed by atoms with van der Waals surface area (Å²) in [6.45, 7) is 4.98. The number of nitrogens with one attached hydrogen (secondary N) is 1. The van der Waals surface area contributed by atoms with E-state index >= 15 is 0 Å². The Balaban J connectivity index is 2.01. The fraction of sp³-hybridized carbons (Fsp3) is 0.312. The van der Waals surface area contributed by atoms with E-state index in [-0.39, 0.29) is 5.69 Å². The first-order valence-corrected chi connectivity index (χ1v) is 7.13. The van der Waals surface area contributed by atoms with Crippen LogP contribution in [-0.4, -0.2) is 34.2 Å². The molecule has 0 saturated carbocycles. The van der Waals surface area contributed by atoms with Gasteiger partial charge in [0.15, 0.2) is 5.69 Å². The van der Waals surface area contributed by atoms with Crippen molar-refractivity contribution in [3.8, 4) is 5.75 Å². The number of carboxylic acid groups (broad SMARTS) is 1. The molecular formula is C16H19N3O3. The molecule has 0 aliphatic heterocycles. The summed E-state index contributed by atoms with van der Waals surface area (Å²) >= 11 is 0. The van der Waals surface area contributed by atoms with Gasteiger partial charge < -0.3 is 15.2 Å². The highest BCUT2D eigenvalue weighted by Crippen LogP contribution is 2.12. The Morgan fingerprint density at radius 2 is 2.00 bits per heavy atom. The third kappa shape index (κ3) is 4.44. The molecule has 0 fully saturated rings. The van der Waals surface area contributed by atoms with Crippen LogP contribution in [0.4, 0.5) is 5.82 Å². The van der Waals surface area contributed by atoms with Gasteiger partial charge in [0.2, 0.25) is 0 Å². The van der Waals surface area contributed by atoms with Gasteiger partial charge in [0.05, 0.1) is 6.61 Å². The maximum atomic E-state index is 11.1. The number of ether oxygens (including phenoxy) is 1. The summed E-state index contributed by atoms with van der Waals surface area (Å²) < 4.78 is 5.62. The fourth-order valence-corrected chi connectivity index (χ4v) is 1.88. The van der Waals surface area contributed by atoms with Gasteiger partial charge in [0.25, 0.3) is 0 Å². The quantitative estimate of drug-likeness (QED) is 0.817. The maximum absolute atomic E-state index is 11.1. The minimum atomic E-state index is -1.07. The molecule has 0 amide bonds. The van der Waals surface area contributed by atoms with Gasteiger partial charge >= 0.3 is 5.97 Å². The lowest BCUT2D eigenvalue weighted by Gasteiger charge is -2.08. The predicted octanol–water partition coefficient (Wildman–Crippen LogP) is 2.54. The number of rotatable bonds is 7. The van der Waals surface area contributed by atoms with Gasteiger partial charge in [0.1, 0.15) is 17.4 Å². The number of benzene rings is 1.